The van der Waals surface area contributed by atoms with E-state index in [1.807, 2.05) is 11.3 Å². The van der Waals surface area contributed by atoms with E-state index >= 15 is 0 Å². The summed E-state index contributed by atoms with van der Waals surface area (Å²) >= 11 is 1.81. The largest absolute Gasteiger partial charge is 0.316 e. The summed E-state index contributed by atoms with van der Waals surface area (Å²) in [6.07, 6.45) is 0. The molecule has 15 heavy (non-hydrogen) atoms. The molecule has 1 unspecified atom stereocenters. The number of nitrogens with zero attached hydrogens (tertiary/aromatic N) is 1. The van der Waals surface area contributed by atoms with E-state index in [2.05, 4.69) is 36.4 Å². The quantitative estimate of drug-likeness (QED) is 0.818. The van der Waals surface area contributed by atoms with E-state index in [0.29, 0.717) is 6.04 Å². The zero-order valence-electron chi connectivity index (χ0n) is 9.63. The third-order valence-electron chi connectivity index (χ3n) is 2.91. The van der Waals surface area contributed by atoms with E-state index in [1.54, 1.807) is 0 Å². The predicted octanol–water partition coefficient (Wildman–Crippen LogP) is 1.63. The van der Waals surface area contributed by atoms with Crippen LogP contribution in [-0.2, 0) is 0 Å². The fraction of sp³-hybridized carbons (Fsp3) is 0.727. The zero-order chi connectivity index (χ0) is 10.8. The molecule has 84 valence electrons. The maximum Gasteiger partial charge on any atom is 0.0900 e. The summed E-state index contributed by atoms with van der Waals surface area (Å²) in [6.45, 7) is 9.85. The number of hydrogen-bond acceptors (Lipinski definition) is 4. The third kappa shape index (κ3) is 2.56. The first kappa shape index (κ1) is 11.0. The van der Waals surface area contributed by atoms with Crippen LogP contribution in [0, 0.1) is 19.8 Å². The van der Waals surface area contributed by atoms with E-state index in [1.165, 1.54) is 28.7 Å². The Labute approximate surface area is 95.3 Å². The molecule has 2 heterocycles. The normalized spacial score (nSPS) is 18.9. The van der Waals surface area contributed by atoms with Crippen molar-refractivity contribution in [2.24, 2.45) is 5.92 Å². The van der Waals surface area contributed by atoms with Crippen LogP contribution >= 0.6 is 11.3 Å². The van der Waals surface area contributed by atoms with E-state index in [4.69, 9.17) is 0 Å². The van der Waals surface area contributed by atoms with Gasteiger partial charge in [-0.05, 0) is 26.7 Å². The van der Waals surface area contributed by atoms with E-state index < -0.39 is 0 Å². The van der Waals surface area contributed by atoms with Crippen LogP contribution in [-0.4, -0.2) is 24.6 Å². The van der Waals surface area contributed by atoms with Gasteiger partial charge in [-0.1, -0.05) is 0 Å². The SMILES string of the molecule is Cc1nc(C)c(C(C)NCC2CNC2)s1. The smallest absolute Gasteiger partial charge is 0.0900 e. The molecule has 1 aromatic heterocycles. The predicted molar refractivity (Wildman–Crippen MR) is 64.4 cm³/mol. The molecule has 0 spiro atoms. The molecule has 0 saturated carbocycles. The summed E-state index contributed by atoms with van der Waals surface area (Å²) in [4.78, 5) is 5.85. The van der Waals surface area contributed by atoms with E-state index in [0.717, 1.165) is 12.5 Å². The number of aryl methyl sites for hydroxylation is 2. The van der Waals surface area contributed by atoms with Crippen molar-refractivity contribution in [3.8, 4) is 0 Å². The molecule has 1 atom stereocenters. The summed E-state index contributed by atoms with van der Waals surface area (Å²) in [5.74, 6) is 0.821. The van der Waals surface area contributed by atoms with Gasteiger partial charge in [0.15, 0.2) is 0 Å². The average Bonchev–Trinajstić information content (AvgIpc) is 2.42. The third-order valence-corrected chi connectivity index (χ3v) is 4.17. The summed E-state index contributed by atoms with van der Waals surface area (Å²) in [6, 6.07) is 0.441. The molecule has 3 nitrogen and oxygen atoms in total. The lowest BCUT2D eigenvalue weighted by molar-refractivity contribution is 0.321. The molecule has 0 radical (unpaired) electrons. The van der Waals surface area contributed by atoms with Crippen LogP contribution in [0.25, 0.3) is 0 Å². The van der Waals surface area contributed by atoms with Crippen molar-refractivity contribution in [2.45, 2.75) is 26.8 Å². The van der Waals surface area contributed by atoms with Crippen LogP contribution in [0.2, 0.25) is 0 Å². The van der Waals surface area contributed by atoms with Crippen molar-refractivity contribution in [3.05, 3.63) is 15.6 Å². The molecule has 4 heteroatoms. The molecule has 1 aliphatic heterocycles. The zero-order valence-corrected chi connectivity index (χ0v) is 10.4. The molecule has 1 aromatic rings. The number of thiazole rings is 1. The minimum absolute atomic E-state index is 0.441. The molecule has 1 saturated heterocycles. The van der Waals surface area contributed by atoms with Crippen molar-refractivity contribution < 1.29 is 0 Å². The summed E-state index contributed by atoms with van der Waals surface area (Å²) in [5.41, 5.74) is 1.18. The van der Waals surface area contributed by atoms with Gasteiger partial charge in [0.1, 0.15) is 0 Å². The maximum absolute atomic E-state index is 4.46. The lowest BCUT2D eigenvalue weighted by atomic mass is 10.0. The van der Waals surface area contributed by atoms with Gasteiger partial charge in [-0.3, -0.25) is 0 Å². The first-order valence-electron chi connectivity index (χ1n) is 5.55. The standard InChI is InChI=1S/C11H19N3S/c1-7(13-6-10-4-12-5-10)11-8(2)14-9(3)15-11/h7,10,12-13H,4-6H2,1-3H3. The van der Waals surface area contributed by atoms with Gasteiger partial charge >= 0.3 is 0 Å². The molecule has 0 aromatic carbocycles. The fourth-order valence-corrected chi connectivity index (χ4v) is 2.83. The van der Waals surface area contributed by atoms with Crippen LogP contribution in [0.3, 0.4) is 0 Å². The van der Waals surface area contributed by atoms with Gasteiger partial charge in [-0.25, -0.2) is 4.98 Å². The van der Waals surface area contributed by atoms with Gasteiger partial charge < -0.3 is 10.6 Å². The molecular formula is C11H19N3S. The van der Waals surface area contributed by atoms with Crippen LogP contribution < -0.4 is 10.6 Å². The van der Waals surface area contributed by atoms with Gasteiger partial charge in [0.25, 0.3) is 0 Å². The lowest BCUT2D eigenvalue weighted by Gasteiger charge is -2.28. The molecule has 0 bridgehead atoms. The van der Waals surface area contributed by atoms with Crippen LogP contribution in [0.1, 0.15) is 28.5 Å². The lowest BCUT2D eigenvalue weighted by Crippen LogP contribution is -2.47. The average molecular weight is 225 g/mol. The van der Waals surface area contributed by atoms with Crippen LogP contribution in [0.4, 0.5) is 0 Å². The first-order chi connectivity index (χ1) is 7.16. The second-order valence-corrected chi connectivity index (χ2v) is 5.57. The van der Waals surface area contributed by atoms with E-state index in [9.17, 15) is 0 Å². The topological polar surface area (TPSA) is 37.0 Å². The highest BCUT2D eigenvalue weighted by atomic mass is 32.1. The van der Waals surface area contributed by atoms with Gasteiger partial charge in [0, 0.05) is 30.6 Å². The Morgan fingerprint density at radius 1 is 1.53 bits per heavy atom. The number of hydrogen-bond donors (Lipinski definition) is 2. The summed E-state index contributed by atoms with van der Waals surface area (Å²) < 4.78 is 0. The Morgan fingerprint density at radius 3 is 2.73 bits per heavy atom. The van der Waals surface area contributed by atoms with Crippen molar-refractivity contribution in [2.75, 3.05) is 19.6 Å². The van der Waals surface area contributed by atoms with Gasteiger partial charge in [0.2, 0.25) is 0 Å². The number of aromatic nitrogens is 1. The molecule has 0 aliphatic carbocycles. The van der Waals surface area contributed by atoms with Crippen molar-refractivity contribution >= 4 is 11.3 Å². The Hall–Kier alpha value is -0.450. The Bertz CT molecular complexity index is 331. The Balaban J connectivity index is 1.88. The van der Waals surface area contributed by atoms with Crippen LogP contribution in [0.5, 0.6) is 0 Å². The maximum atomic E-state index is 4.46. The second kappa shape index (κ2) is 4.60. The Morgan fingerprint density at radius 2 is 2.27 bits per heavy atom. The van der Waals surface area contributed by atoms with Gasteiger partial charge in [-0.15, -0.1) is 11.3 Å². The monoisotopic (exact) mass is 225 g/mol. The molecule has 0 amide bonds. The first-order valence-corrected chi connectivity index (χ1v) is 6.36. The summed E-state index contributed by atoms with van der Waals surface area (Å²) in [5, 5.41) is 8.04. The van der Waals surface area contributed by atoms with Crippen molar-refractivity contribution in [1.29, 1.82) is 0 Å². The van der Waals surface area contributed by atoms with Crippen molar-refractivity contribution in [3.63, 3.8) is 0 Å². The highest BCUT2D eigenvalue weighted by Gasteiger charge is 2.18. The minimum Gasteiger partial charge on any atom is -0.316 e. The minimum atomic E-state index is 0.441. The van der Waals surface area contributed by atoms with E-state index in [-0.39, 0.29) is 0 Å². The van der Waals surface area contributed by atoms with Crippen LogP contribution in [0.15, 0.2) is 0 Å². The highest BCUT2D eigenvalue weighted by molar-refractivity contribution is 7.11. The molecular weight excluding hydrogens is 206 g/mol. The van der Waals surface area contributed by atoms with Crippen molar-refractivity contribution in [1.82, 2.24) is 15.6 Å². The molecule has 1 fully saturated rings. The summed E-state index contributed by atoms with van der Waals surface area (Å²) in [7, 11) is 0. The highest BCUT2D eigenvalue weighted by Crippen LogP contribution is 2.24. The second-order valence-electron chi connectivity index (χ2n) is 4.34. The number of nitrogens with one attached hydrogen (secondary N) is 2. The molecule has 1 aliphatic rings. The Kier molecular flexibility index (Phi) is 3.38. The van der Waals surface area contributed by atoms with Gasteiger partial charge in [-0.2, -0.15) is 0 Å². The number of rotatable bonds is 4. The molecule has 2 N–H and O–H groups in total. The van der Waals surface area contributed by atoms with Gasteiger partial charge in [0.05, 0.1) is 10.7 Å². The fourth-order valence-electron chi connectivity index (χ4n) is 1.88. The molecule has 2 rings (SSSR count).